The highest BCUT2D eigenvalue weighted by atomic mass is 32.1. The first-order valence-corrected chi connectivity index (χ1v) is 11.2. The Hall–Kier alpha value is -3.10. The average Bonchev–Trinajstić information content (AvgIpc) is 3.45. The number of ether oxygens (including phenoxy) is 1. The summed E-state index contributed by atoms with van der Waals surface area (Å²) in [5.41, 5.74) is 2.68. The van der Waals surface area contributed by atoms with Crippen LogP contribution in [0.1, 0.15) is 41.0 Å². The Balaban J connectivity index is 1.78. The zero-order chi connectivity index (χ0) is 22.8. The molecule has 0 bridgehead atoms. The maximum absolute atomic E-state index is 14.2. The Morgan fingerprint density at radius 1 is 1.25 bits per heavy atom. The molecule has 0 radical (unpaired) electrons. The molecule has 6 nitrogen and oxygen atoms in total. The van der Waals surface area contributed by atoms with E-state index >= 15 is 0 Å². The van der Waals surface area contributed by atoms with E-state index < -0.39 is 11.8 Å². The SMILES string of the molecule is CCC(C(c1ccc2nc(-c3cc(F)cc(C(=O)OC)c3)sc2c1)c1ncc[nH]1)N(C)C. The standard InChI is InChI=1S/C24H25FN4O2S/c1-5-19(29(2)3)21(22-26-8-9-27-22)14-6-7-18-20(13-14)32-23(28-18)15-10-16(24(30)31-4)12-17(25)11-15/h6-13,19,21H,5H2,1-4H3,(H,26,27). The Morgan fingerprint density at radius 2 is 2.06 bits per heavy atom. The summed E-state index contributed by atoms with van der Waals surface area (Å²) in [7, 11) is 5.44. The number of hydrogen-bond acceptors (Lipinski definition) is 6. The van der Waals surface area contributed by atoms with Crippen LogP contribution in [-0.4, -0.2) is 53.1 Å². The van der Waals surface area contributed by atoms with Crippen molar-refractivity contribution in [3.8, 4) is 10.6 Å². The molecule has 8 heteroatoms. The van der Waals surface area contributed by atoms with Crippen molar-refractivity contribution >= 4 is 27.5 Å². The first-order chi connectivity index (χ1) is 15.4. The third-order valence-electron chi connectivity index (χ3n) is 5.62. The normalized spacial score (nSPS) is 13.4. The van der Waals surface area contributed by atoms with Crippen LogP contribution in [0.2, 0.25) is 0 Å². The van der Waals surface area contributed by atoms with E-state index in [4.69, 9.17) is 4.74 Å². The molecule has 2 atom stereocenters. The van der Waals surface area contributed by atoms with Crippen LogP contribution in [0.5, 0.6) is 0 Å². The largest absolute Gasteiger partial charge is 0.465 e. The van der Waals surface area contributed by atoms with Gasteiger partial charge >= 0.3 is 5.97 Å². The van der Waals surface area contributed by atoms with Crippen molar-refractivity contribution in [1.82, 2.24) is 19.9 Å². The van der Waals surface area contributed by atoms with Gasteiger partial charge in [-0.15, -0.1) is 11.3 Å². The lowest BCUT2D eigenvalue weighted by molar-refractivity contribution is 0.0600. The summed E-state index contributed by atoms with van der Waals surface area (Å²) in [6, 6.07) is 10.6. The number of halogens is 1. The number of methoxy groups -OCH3 is 1. The summed E-state index contributed by atoms with van der Waals surface area (Å²) in [6.45, 7) is 2.17. The maximum atomic E-state index is 14.2. The second-order valence-electron chi connectivity index (χ2n) is 7.86. The number of imidazole rings is 1. The number of hydrogen-bond donors (Lipinski definition) is 1. The van der Waals surface area contributed by atoms with Crippen molar-refractivity contribution in [2.45, 2.75) is 25.3 Å². The van der Waals surface area contributed by atoms with Gasteiger partial charge < -0.3 is 14.6 Å². The third-order valence-corrected chi connectivity index (χ3v) is 6.68. The minimum Gasteiger partial charge on any atom is -0.465 e. The molecule has 1 N–H and O–H groups in total. The summed E-state index contributed by atoms with van der Waals surface area (Å²) in [4.78, 5) is 26.6. The van der Waals surface area contributed by atoms with Crippen LogP contribution in [0.4, 0.5) is 4.39 Å². The van der Waals surface area contributed by atoms with Gasteiger partial charge in [0, 0.05) is 24.0 Å². The molecule has 0 spiro atoms. The number of aromatic amines is 1. The Morgan fingerprint density at radius 3 is 2.72 bits per heavy atom. The van der Waals surface area contributed by atoms with E-state index in [-0.39, 0.29) is 17.5 Å². The van der Waals surface area contributed by atoms with Gasteiger partial charge in [0.1, 0.15) is 16.6 Å². The van der Waals surface area contributed by atoms with E-state index in [1.807, 2.05) is 12.3 Å². The molecule has 2 aromatic heterocycles. The van der Waals surface area contributed by atoms with Gasteiger partial charge in [-0.1, -0.05) is 13.0 Å². The number of thiazole rings is 1. The highest BCUT2D eigenvalue weighted by molar-refractivity contribution is 7.21. The molecule has 166 valence electrons. The van der Waals surface area contributed by atoms with Crippen LogP contribution in [0.15, 0.2) is 48.8 Å². The molecule has 4 rings (SSSR count). The average molecular weight is 453 g/mol. The fourth-order valence-electron chi connectivity index (χ4n) is 4.12. The minimum atomic E-state index is -0.579. The minimum absolute atomic E-state index is 0.0695. The first kappa shape index (κ1) is 22.1. The van der Waals surface area contributed by atoms with Crippen LogP contribution < -0.4 is 0 Å². The first-order valence-electron chi connectivity index (χ1n) is 10.4. The fraction of sp³-hybridized carbons (Fsp3) is 0.292. The Kier molecular flexibility index (Phi) is 6.34. The molecule has 4 aromatic rings. The summed E-state index contributed by atoms with van der Waals surface area (Å²) in [6.07, 6.45) is 4.58. The zero-order valence-corrected chi connectivity index (χ0v) is 19.2. The molecule has 32 heavy (non-hydrogen) atoms. The number of aromatic nitrogens is 3. The number of H-pyrrole nitrogens is 1. The van der Waals surface area contributed by atoms with E-state index in [0.29, 0.717) is 10.6 Å². The van der Waals surface area contributed by atoms with Crippen LogP contribution in [-0.2, 0) is 4.74 Å². The number of carbonyl (C=O) groups is 1. The molecule has 0 fully saturated rings. The van der Waals surface area contributed by atoms with Crippen molar-refractivity contribution in [2.24, 2.45) is 0 Å². The van der Waals surface area contributed by atoms with E-state index in [9.17, 15) is 9.18 Å². The molecular formula is C24H25FN4O2S. The molecule has 0 amide bonds. The predicted molar refractivity (Wildman–Crippen MR) is 125 cm³/mol. The van der Waals surface area contributed by atoms with Gasteiger partial charge in [-0.2, -0.15) is 0 Å². The molecule has 0 saturated carbocycles. The quantitative estimate of drug-likeness (QED) is 0.396. The number of esters is 1. The van der Waals surface area contributed by atoms with E-state index in [0.717, 1.165) is 28.0 Å². The third kappa shape index (κ3) is 4.28. The van der Waals surface area contributed by atoms with Gasteiger partial charge in [0.25, 0.3) is 0 Å². The second kappa shape index (κ2) is 9.18. The molecule has 0 aliphatic carbocycles. The van der Waals surface area contributed by atoms with Crippen molar-refractivity contribution in [3.63, 3.8) is 0 Å². The van der Waals surface area contributed by atoms with Crippen LogP contribution >= 0.6 is 11.3 Å². The number of nitrogens with zero attached hydrogens (tertiary/aromatic N) is 3. The number of likely N-dealkylation sites (N-methyl/N-ethyl adjacent to an activating group) is 1. The smallest absolute Gasteiger partial charge is 0.337 e. The van der Waals surface area contributed by atoms with Gasteiger partial charge in [0.2, 0.25) is 0 Å². The summed E-state index contributed by atoms with van der Waals surface area (Å²) < 4.78 is 19.9. The van der Waals surface area contributed by atoms with Crippen LogP contribution in [0.3, 0.4) is 0 Å². The monoisotopic (exact) mass is 452 g/mol. The summed E-state index contributed by atoms with van der Waals surface area (Å²) >= 11 is 1.47. The molecule has 2 heterocycles. The van der Waals surface area contributed by atoms with Crippen LogP contribution in [0, 0.1) is 5.82 Å². The molecule has 0 aliphatic rings. The van der Waals surface area contributed by atoms with E-state index in [1.165, 1.54) is 30.6 Å². The lowest BCUT2D eigenvalue weighted by atomic mass is 9.88. The molecular weight excluding hydrogens is 427 g/mol. The van der Waals surface area contributed by atoms with E-state index in [1.54, 1.807) is 12.3 Å². The summed E-state index contributed by atoms with van der Waals surface area (Å²) in [5, 5.41) is 0.649. The van der Waals surface area contributed by atoms with Gasteiger partial charge in [-0.3, -0.25) is 0 Å². The van der Waals surface area contributed by atoms with E-state index in [2.05, 4.69) is 53.0 Å². The molecule has 0 aliphatic heterocycles. The van der Waals surface area contributed by atoms with Gasteiger partial charge in [0.15, 0.2) is 0 Å². The maximum Gasteiger partial charge on any atom is 0.337 e. The topological polar surface area (TPSA) is 71.1 Å². The highest BCUT2D eigenvalue weighted by Crippen LogP contribution is 2.36. The number of nitrogens with one attached hydrogen (secondary N) is 1. The molecule has 0 saturated heterocycles. The zero-order valence-electron chi connectivity index (χ0n) is 18.4. The number of rotatable bonds is 7. The fourth-order valence-corrected chi connectivity index (χ4v) is 5.12. The van der Waals surface area contributed by atoms with Crippen LogP contribution in [0.25, 0.3) is 20.8 Å². The van der Waals surface area contributed by atoms with Crippen molar-refractivity contribution in [1.29, 1.82) is 0 Å². The van der Waals surface area contributed by atoms with Crippen molar-refractivity contribution < 1.29 is 13.9 Å². The number of fused-ring (bicyclic) bond motifs is 1. The molecule has 2 unspecified atom stereocenters. The molecule has 2 aromatic carbocycles. The highest BCUT2D eigenvalue weighted by Gasteiger charge is 2.28. The predicted octanol–water partition coefficient (Wildman–Crippen LogP) is 5.08. The van der Waals surface area contributed by atoms with Crippen molar-refractivity contribution in [3.05, 3.63) is 71.6 Å². The van der Waals surface area contributed by atoms with Crippen molar-refractivity contribution in [2.75, 3.05) is 21.2 Å². The number of carbonyl (C=O) groups excluding carboxylic acids is 1. The Labute approximate surface area is 190 Å². The second-order valence-corrected chi connectivity index (χ2v) is 8.89. The lowest BCUT2D eigenvalue weighted by Gasteiger charge is -2.31. The van der Waals surface area contributed by atoms with Gasteiger partial charge in [0.05, 0.1) is 28.8 Å². The lowest BCUT2D eigenvalue weighted by Crippen LogP contribution is -2.34. The Bertz CT molecular complexity index is 1240. The van der Waals surface area contributed by atoms with Gasteiger partial charge in [-0.25, -0.2) is 19.2 Å². The number of benzene rings is 2. The summed E-state index contributed by atoms with van der Waals surface area (Å²) in [5.74, 6) is -0.0928. The van der Waals surface area contributed by atoms with Gasteiger partial charge in [-0.05, 0) is 56.4 Å².